The predicted molar refractivity (Wildman–Crippen MR) is 65.4 cm³/mol. The van der Waals surface area contributed by atoms with Crippen molar-refractivity contribution in [1.82, 2.24) is 0 Å². The van der Waals surface area contributed by atoms with Crippen LogP contribution >= 0.6 is 0 Å². The topological polar surface area (TPSA) is 58.6 Å². The number of anilines is 1. The lowest BCUT2D eigenvalue weighted by atomic mass is 10.1. The first kappa shape index (κ1) is 12.8. The Morgan fingerprint density at radius 1 is 1.50 bits per heavy atom. The highest BCUT2D eigenvalue weighted by atomic mass is 19.1. The summed E-state index contributed by atoms with van der Waals surface area (Å²) in [6.07, 6.45) is 2.96. The van der Waals surface area contributed by atoms with Crippen molar-refractivity contribution >= 4 is 11.7 Å². The van der Waals surface area contributed by atoms with Gasteiger partial charge < -0.3 is 15.2 Å². The van der Waals surface area contributed by atoms with Gasteiger partial charge in [-0.05, 0) is 37.5 Å². The molecule has 0 saturated heterocycles. The average Bonchev–Trinajstić information content (AvgIpc) is 2.79. The van der Waals surface area contributed by atoms with Gasteiger partial charge in [-0.1, -0.05) is 0 Å². The fraction of sp³-hybridized carbons (Fsp3) is 0.462. The molecule has 2 unspecified atom stereocenters. The van der Waals surface area contributed by atoms with Crippen LogP contribution in [0.1, 0.15) is 29.6 Å². The molecule has 0 radical (unpaired) electrons. The van der Waals surface area contributed by atoms with E-state index in [-0.39, 0.29) is 17.7 Å². The Morgan fingerprint density at radius 2 is 2.28 bits per heavy atom. The highest BCUT2D eigenvalue weighted by molar-refractivity contribution is 5.88. The van der Waals surface area contributed by atoms with E-state index in [0.29, 0.717) is 5.69 Å². The van der Waals surface area contributed by atoms with Gasteiger partial charge in [0, 0.05) is 13.2 Å². The third-order valence-corrected chi connectivity index (χ3v) is 3.29. The molecule has 0 heterocycles. The molecule has 18 heavy (non-hydrogen) atoms. The number of nitrogens with one attached hydrogen (secondary N) is 1. The molecule has 0 spiro atoms. The number of carboxylic acid groups (broad SMARTS) is 1. The second-order valence-corrected chi connectivity index (χ2v) is 4.51. The maximum Gasteiger partial charge on any atom is 0.335 e. The van der Waals surface area contributed by atoms with Gasteiger partial charge in [-0.3, -0.25) is 0 Å². The van der Waals surface area contributed by atoms with Crippen LogP contribution in [-0.2, 0) is 4.74 Å². The van der Waals surface area contributed by atoms with E-state index in [9.17, 15) is 9.18 Å². The van der Waals surface area contributed by atoms with Crippen molar-refractivity contribution in [2.45, 2.75) is 31.4 Å². The number of carbonyl (C=O) groups is 1. The number of ether oxygens (including phenoxy) is 1. The van der Waals surface area contributed by atoms with Crippen LogP contribution in [-0.4, -0.2) is 30.3 Å². The van der Waals surface area contributed by atoms with E-state index in [4.69, 9.17) is 9.84 Å². The number of halogens is 1. The first-order valence-electron chi connectivity index (χ1n) is 5.92. The van der Waals surface area contributed by atoms with Crippen molar-refractivity contribution in [2.24, 2.45) is 0 Å². The first-order valence-corrected chi connectivity index (χ1v) is 5.92. The van der Waals surface area contributed by atoms with Gasteiger partial charge in [0.05, 0.1) is 17.4 Å². The summed E-state index contributed by atoms with van der Waals surface area (Å²) in [5, 5.41) is 11.8. The maximum atomic E-state index is 13.7. The Kier molecular flexibility index (Phi) is 3.81. The standard InChI is InChI=1S/C13H16FNO3/c1-18-10-4-3-9(7-10)15-12-5-2-8(13(16)17)6-11(12)14/h2,5-6,9-10,15H,3-4,7H2,1H3,(H,16,17). The molecule has 0 amide bonds. The number of carboxylic acids is 1. The lowest BCUT2D eigenvalue weighted by Crippen LogP contribution is -2.18. The van der Waals surface area contributed by atoms with Gasteiger partial charge in [-0.25, -0.2) is 9.18 Å². The molecule has 2 N–H and O–H groups in total. The summed E-state index contributed by atoms with van der Waals surface area (Å²) in [5.41, 5.74) is 0.306. The smallest absolute Gasteiger partial charge is 0.335 e. The monoisotopic (exact) mass is 253 g/mol. The minimum atomic E-state index is -1.12. The van der Waals surface area contributed by atoms with E-state index in [0.717, 1.165) is 25.3 Å². The van der Waals surface area contributed by atoms with Crippen molar-refractivity contribution in [2.75, 3.05) is 12.4 Å². The van der Waals surface area contributed by atoms with Gasteiger partial charge in [0.25, 0.3) is 0 Å². The molecule has 98 valence electrons. The number of hydrogen-bond donors (Lipinski definition) is 2. The van der Waals surface area contributed by atoms with E-state index >= 15 is 0 Å². The van der Waals surface area contributed by atoms with E-state index in [1.807, 2.05) is 0 Å². The summed E-state index contributed by atoms with van der Waals surface area (Å²) in [6.45, 7) is 0. The van der Waals surface area contributed by atoms with Gasteiger partial charge in [-0.15, -0.1) is 0 Å². The van der Waals surface area contributed by atoms with Crippen molar-refractivity contribution in [1.29, 1.82) is 0 Å². The van der Waals surface area contributed by atoms with Crippen molar-refractivity contribution in [3.8, 4) is 0 Å². The quantitative estimate of drug-likeness (QED) is 0.865. The van der Waals surface area contributed by atoms with Crippen molar-refractivity contribution < 1.29 is 19.0 Å². The van der Waals surface area contributed by atoms with Crippen LogP contribution in [0.25, 0.3) is 0 Å². The molecule has 0 bridgehead atoms. The SMILES string of the molecule is COC1CCC(Nc2ccc(C(=O)O)cc2F)C1. The fourth-order valence-corrected chi connectivity index (χ4v) is 2.27. The number of hydrogen-bond acceptors (Lipinski definition) is 3. The normalized spacial score (nSPS) is 23.0. The van der Waals surface area contributed by atoms with Crippen LogP contribution in [0.4, 0.5) is 10.1 Å². The number of methoxy groups -OCH3 is 1. The average molecular weight is 253 g/mol. The van der Waals surface area contributed by atoms with E-state index in [2.05, 4.69) is 5.32 Å². The Balaban J connectivity index is 2.04. The summed E-state index contributed by atoms with van der Waals surface area (Å²) in [4.78, 5) is 10.7. The Morgan fingerprint density at radius 3 is 2.83 bits per heavy atom. The van der Waals surface area contributed by atoms with Crippen LogP contribution in [0.3, 0.4) is 0 Å². The van der Waals surface area contributed by atoms with Gasteiger partial charge in [0.15, 0.2) is 0 Å². The molecule has 1 aromatic rings. The molecule has 2 atom stereocenters. The summed E-state index contributed by atoms with van der Waals surface area (Å²) >= 11 is 0. The molecule has 1 aliphatic rings. The van der Waals surface area contributed by atoms with Gasteiger partial charge in [0.1, 0.15) is 5.82 Å². The second-order valence-electron chi connectivity index (χ2n) is 4.51. The largest absolute Gasteiger partial charge is 0.478 e. The third-order valence-electron chi connectivity index (χ3n) is 3.29. The van der Waals surface area contributed by atoms with Crippen LogP contribution in [0.15, 0.2) is 18.2 Å². The zero-order valence-corrected chi connectivity index (χ0v) is 10.1. The molecule has 0 aromatic heterocycles. The summed E-state index contributed by atoms with van der Waals surface area (Å²) < 4.78 is 18.9. The fourth-order valence-electron chi connectivity index (χ4n) is 2.27. The van der Waals surface area contributed by atoms with Crippen LogP contribution in [0.5, 0.6) is 0 Å². The molecule has 1 aliphatic carbocycles. The molecule has 1 aromatic carbocycles. The first-order chi connectivity index (χ1) is 8.60. The number of rotatable bonds is 4. The van der Waals surface area contributed by atoms with E-state index in [1.165, 1.54) is 12.1 Å². The van der Waals surface area contributed by atoms with Gasteiger partial charge >= 0.3 is 5.97 Å². The lowest BCUT2D eigenvalue weighted by Gasteiger charge is -2.15. The molecule has 1 fully saturated rings. The number of benzene rings is 1. The highest BCUT2D eigenvalue weighted by Gasteiger charge is 2.24. The minimum Gasteiger partial charge on any atom is -0.478 e. The van der Waals surface area contributed by atoms with Crippen LogP contribution < -0.4 is 5.32 Å². The molecule has 1 saturated carbocycles. The Labute approximate surface area is 105 Å². The van der Waals surface area contributed by atoms with Crippen molar-refractivity contribution in [3.63, 3.8) is 0 Å². The van der Waals surface area contributed by atoms with Crippen LogP contribution in [0.2, 0.25) is 0 Å². The Bertz CT molecular complexity index is 450. The molecule has 4 nitrogen and oxygen atoms in total. The zero-order chi connectivity index (χ0) is 13.1. The zero-order valence-electron chi connectivity index (χ0n) is 10.1. The van der Waals surface area contributed by atoms with Crippen molar-refractivity contribution in [3.05, 3.63) is 29.6 Å². The molecule has 2 rings (SSSR count). The number of aromatic carboxylic acids is 1. The van der Waals surface area contributed by atoms with E-state index < -0.39 is 11.8 Å². The van der Waals surface area contributed by atoms with E-state index in [1.54, 1.807) is 7.11 Å². The third kappa shape index (κ3) is 2.79. The van der Waals surface area contributed by atoms with Gasteiger partial charge in [-0.2, -0.15) is 0 Å². The Hall–Kier alpha value is -1.62. The lowest BCUT2D eigenvalue weighted by molar-refractivity contribution is 0.0696. The second kappa shape index (κ2) is 5.35. The molecule has 5 heteroatoms. The summed E-state index contributed by atoms with van der Waals surface area (Å²) in [7, 11) is 1.68. The van der Waals surface area contributed by atoms with Gasteiger partial charge in [0.2, 0.25) is 0 Å². The highest BCUT2D eigenvalue weighted by Crippen LogP contribution is 2.26. The minimum absolute atomic E-state index is 0.0424. The predicted octanol–water partition coefficient (Wildman–Crippen LogP) is 2.50. The van der Waals surface area contributed by atoms with Crippen LogP contribution in [0, 0.1) is 5.82 Å². The molecular weight excluding hydrogens is 237 g/mol. The summed E-state index contributed by atoms with van der Waals surface area (Å²) in [5.74, 6) is -1.66. The molecular formula is C13H16FNO3. The maximum absolute atomic E-state index is 13.7. The summed E-state index contributed by atoms with van der Waals surface area (Å²) in [6, 6.07) is 4.09. The molecule has 0 aliphatic heterocycles.